The SMILES string of the molecule is Oc1ccc2ccccc2c1/C=N\Nc1nc(-c2ccc(Cl)cc2Cl)cs1. The standard InChI is InChI=1S/C20H13Cl2N3OS/c21-13-6-7-15(17(22)9-13)18-11-27-20(24-18)25-23-10-16-14-4-2-1-3-12(14)5-8-19(16)26/h1-11,26H,(H,24,25)/b23-10-. The molecule has 1 heterocycles. The number of aromatic nitrogens is 1. The Morgan fingerprint density at radius 3 is 2.78 bits per heavy atom. The molecule has 1 aromatic heterocycles. The van der Waals surface area contributed by atoms with E-state index in [4.69, 9.17) is 23.2 Å². The molecule has 7 heteroatoms. The lowest BCUT2D eigenvalue weighted by atomic mass is 10.0. The predicted octanol–water partition coefficient (Wildman–Crippen LogP) is 6.42. The van der Waals surface area contributed by atoms with Crippen molar-refractivity contribution in [1.29, 1.82) is 0 Å². The first-order chi connectivity index (χ1) is 13.1. The number of phenols is 1. The Kier molecular flexibility index (Phi) is 4.99. The molecule has 0 saturated heterocycles. The number of nitrogens with one attached hydrogen (secondary N) is 1. The van der Waals surface area contributed by atoms with E-state index in [0.717, 1.165) is 22.0 Å². The van der Waals surface area contributed by atoms with Crippen LogP contribution in [0.3, 0.4) is 0 Å². The average Bonchev–Trinajstić information content (AvgIpc) is 3.12. The number of hydrazone groups is 1. The highest BCUT2D eigenvalue weighted by Crippen LogP contribution is 2.32. The van der Waals surface area contributed by atoms with Gasteiger partial charge in [0, 0.05) is 21.5 Å². The summed E-state index contributed by atoms with van der Waals surface area (Å²) < 4.78 is 0. The van der Waals surface area contributed by atoms with Crippen molar-refractivity contribution in [1.82, 2.24) is 4.98 Å². The highest BCUT2D eigenvalue weighted by molar-refractivity contribution is 7.14. The number of aromatic hydroxyl groups is 1. The molecule has 0 unspecified atom stereocenters. The fraction of sp³-hybridized carbons (Fsp3) is 0. The summed E-state index contributed by atoms with van der Waals surface area (Å²) in [7, 11) is 0. The number of anilines is 1. The second-order valence-electron chi connectivity index (χ2n) is 5.75. The monoisotopic (exact) mass is 413 g/mol. The number of fused-ring (bicyclic) bond motifs is 1. The molecule has 0 radical (unpaired) electrons. The van der Waals surface area contributed by atoms with Crippen LogP contribution in [0.15, 0.2) is 65.1 Å². The fourth-order valence-electron chi connectivity index (χ4n) is 2.72. The molecule has 4 aromatic rings. The van der Waals surface area contributed by atoms with Gasteiger partial charge in [-0.15, -0.1) is 11.3 Å². The summed E-state index contributed by atoms with van der Waals surface area (Å²) in [6.45, 7) is 0. The largest absolute Gasteiger partial charge is 0.507 e. The summed E-state index contributed by atoms with van der Waals surface area (Å²) in [5.41, 5.74) is 5.10. The van der Waals surface area contributed by atoms with Crippen molar-refractivity contribution < 1.29 is 5.11 Å². The fourth-order valence-corrected chi connectivity index (χ4v) is 3.88. The van der Waals surface area contributed by atoms with Gasteiger partial charge in [0.25, 0.3) is 0 Å². The maximum absolute atomic E-state index is 10.2. The molecule has 0 aliphatic carbocycles. The zero-order valence-electron chi connectivity index (χ0n) is 13.9. The molecule has 0 bridgehead atoms. The number of nitrogens with zero attached hydrogens (tertiary/aromatic N) is 2. The van der Waals surface area contributed by atoms with Crippen LogP contribution in [0.25, 0.3) is 22.0 Å². The first-order valence-corrected chi connectivity index (χ1v) is 9.66. The van der Waals surface area contributed by atoms with Crippen LogP contribution in [0.1, 0.15) is 5.56 Å². The van der Waals surface area contributed by atoms with E-state index in [1.165, 1.54) is 11.3 Å². The Bertz CT molecular complexity index is 1160. The van der Waals surface area contributed by atoms with E-state index in [2.05, 4.69) is 15.5 Å². The van der Waals surface area contributed by atoms with Gasteiger partial charge in [0.2, 0.25) is 5.13 Å². The van der Waals surface area contributed by atoms with Gasteiger partial charge in [-0.05, 0) is 35.0 Å². The van der Waals surface area contributed by atoms with E-state index in [1.54, 1.807) is 24.4 Å². The van der Waals surface area contributed by atoms with Gasteiger partial charge in [-0.25, -0.2) is 4.98 Å². The Morgan fingerprint density at radius 2 is 1.93 bits per heavy atom. The lowest BCUT2D eigenvalue weighted by Gasteiger charge is -2.04. The Morgan fingerprint density at radius 1 is 1.07 bits per heavy atom. The molecule has 0 atom stereocenters. The van der Waals surface area contributed by atoms with Crippen molar-refractivity contribution in [3.05, 3.63) is 75.6 Å². The minimum absolute atomic E-state index is 0.173. The first kappa shape index (κ1) is 17.8. The van der Waals surface area contributed by atoms with Gasteiger partial charge in [-0.2, -0.15) is 5.10 Å². The Labute approximate surface area is 169 Å². The average molecular weight is 414 g/mol. The van der Waals surface area contributed by atoms with Gasteiger partial charge in [-0.3, -0.25) is 5.43 Å². The number of halogens is 2. The van der Waals surface area contributed by atoms with Crippen molar-refractivity contribution in [2.75, 3.05) is 5.43 Å². The molecule has 3 aromatic carbocycles. The van der Waals surface area contributed by atoms with Crippen LogP contribution in [-0.2, 0) is 0 Å². The molecule has 0 amide bonds. The molecule has 0 fully saturated rings. The summed E-state index contributed by atoms with van der Waals surface area (Å²) in [5.74, 6) is 0.173. The van der Waals surface area contributed by atoms with Gasteiger partial charge in [0.05, 0.1) is 16.9 Å². The third-order valence-corrected chi connectivity index (χ3v) is 5.31. The lowest BCUT2D eigenvalue weighted by molar-refractivity contribution is 0.475. The number of hydrogen-bond donors (Lipinski definition) is 2. The van der Waals surface area contributed by atoms with E-state index < -0.39 is 0 Å². The highest BCUT2D eigenvalue weighted by Gasteiger charge is 2.09. The Hall–Kier alpha value is -2.60. The molecule has 4 rings (SSSR count). The van der Waals surface area contributed by atoms with E-state index in [0.29, 0.717) is 20.7 Å². The summed E-state index contributed by atoms with van der Waals surface area (Å²) in [4.78, 5) is 4.49. The zero-order valence-corrected chi connectivity index (χ0v) is 16.2. The van der Waals surface area contributed by atoms with Gasteiger partial charge in [0.1, 0.15) is 5.75 Å². The predicted molar refractivity (Wildman–Crippen MR) is 114 cm³/mol. The van der Waals surface area contributed by atoms with Gasteiger partial charge in [0.15, 0.2) is 0 Å². The summed E-state index contributed by atoms with van der Waals surface area (Å²) in [6.07, 6.45) is 1.59. The molecule has 4 nitrogen and oxygen atoms in total. The van der Waals surface area contributed by atoms with Crippen LogP contribution in [0.4, 0.5) is 5.13 Å². The van der Waals surface area contributed by atoms with Crippen LogP contribution in [0.2, 0.25) is 10.0 Å². The van der Waals surface area contributed by atoms with Crippen molar-refractivity contribution in [3.8, 4) is 17.0 Å². The molecule has 134 valence electrons. The third kappa shape index (κ3) is 3.76. The van der Waals surface area contributed by atoms with Gasteiger partial charge < -0.3 is 5.11 Å². The van der Waals surface area contributed by atoms with E-state index in [1.807, 2.05) is 41.8 Å². The van der Waals surface area contributed by atoms with Crippen LogP contribution in [0, 0.1) is 0 Å². The van der Waals surface area contributed by atoms with Crippen molar-refractivity contribution in [2.24, 2.45) is 5.10 Å². The highest BCUT2D eigenvalue weighted by atomic mass is 35.5. The second-order valence-corrected chi connectivity index (χ2v) is 7.45. The van der Waals surface area contributed by atoms with Gasteiger partial charge in [-0.1, -0.05) is 53.5 Å². The van der Waals surface area contributed by atoms with Crippen molar-refractivity contribution in [2.45, 2.75) is 0 Å². The molecular formula is C20H13Cl2N3OS. The lowest BCUT2D eigenvalue weighted by Crippen LogP contribution is -1.92. The summed E-state index contributed by atoms with van der Waals surface area (Å²) in [5, 5.41) is 20.0. The molecule has 27 heavy (non-hydrogen) atoms. The van der Waals surface area contributed by atoms with Crippen molar-refractivity contribution >= 4 is 56.7 Å². The smallest absolute Gasteiger partial charge is 0.203 e. The normalized spacial score (nSPS) is 11.3. The minimum atomic E-state index is 0.173. The quantitative estimate of drug-likeness (QED) is 0.299. The molecule has 2 N–H and O–H groups in total. The maximum atomic E-state index is 10.2. The van der Waals surface area contributed by atoms with Crippen molar-refractivity contribution in [3.63, 3.8) is 0 Å². The summed E-state index contributed by atoms with van der Waals surface area (Å²) >= 11 is 13.6. The Balaban J connectivity index is 1.57. The van der Waals surface area contributed by atoms with Crippen LogP contribution in [0.5, 0.6) is 5.75 Å². The first-order valence-electron chi connectivity index (χ1n) is 8.02. The second kappa shape index (κ2) is 7.56. The van der Waals surface area contributed by atoms with Gasteiger partial charge >= 0.3 is 0 Å². The maximum Gasteiger partial charge on any atom is 0.203 e. The third-order valence-electron chi connectivity index (χ3n) is 4.01. The molecule has 0 spiro atoms. The van der Waals surface area contributed by atoms with E-state index in [9.17, 15) is 5.11 Å². The van der Waals surface area contributed by atoms with Crippen LogP contribution < -0.4 is 5.43 Å². The number of hydrogen-bond acceptors (Lipinski definition) is 5. The molecule has 0 aliphatic heterocycles. The number of benzene rings is 3. The minimum Gasteiger partial charge on any atom is -0.507 e. The number of phenolic OH excluding ortho intramolecular Hbond substituents is 1. The topological polar surface area (TPSA) is 57.5 Å². The molecule has 0 saturated carbocycles. The summed E-state index contributed by atoms with van der Waals surface area (Å²) in [6, 6.07) is 16.6. The number of thiazole rings is 1. The van der Waals surface area contributed by atoms with E-state index in [-0.39, 0.29) is 5.75 Å². The molecular weight excluding hydrogens is 401 g/mol. The molecule has 0 aliphatic rings. The zero-order chi connectivity index (χ0) is 18.8. The number of rotatable bonds is 4. The van der Waals surface area contributed by atoms with Crippen LogP contribution >= 0.6 is 34.5 Å². The van der Waals surface area contributed by atoms with Crippen LogP contribution in [-0.4, -0.2) is 16.3 Å². The van der Waals surface area contributed by atoms with E-state index >= 15 is 0 Å².